The molecule has 2 aliphatic rings. The highest BCUT2D eigenvalue weighted by molar-refractivity contribution is 9.10. The summed E-state index contributed by atoms with van der Waals surface area (Å²) in [4.78, 5) is 5.04. The molecule has 29 heavy (non-hydrogen) atoms. The molecule has 2 aromatic carbocycles. The monoisotopic (exact) mass is 500 g/mol. The van der Waals surface area contributed by atoms with Gasteiger partial charge in [0, 0.05) is 30.1 Å². The number of aliphatic hydroxyl groups excluding tert-OH is 1. The standard InChI is InChI=1S/C23H29BrN2O.2ClH/c24-21-9-5-4-8-20(21)16-25-13-12-23(27)22(17-25)26-14-10-19(11-15-26)18-6-2-1-3-7-18;;/h1-9,19,22-23,27H,10-17H2;2*1H/t22-,23-;;/m1../s1. The van der Waals surface area contributed by atoms with Crippen LogP contribution in [0.4, 0.5) is 0 Å². The Morgan fingerprint density at radius 3 is 2.21 bits per heavy atom. The minimum absolute atomic E-state index is 0. The molecule has 4 rings (SSSR count). The minimum atomic E-state index is -0.200. The summed E-state index contributed by atoms with van der Waals surface area (Å²) < 4.78 is 1.18. The van der Waals surface area contributed by atoms with Crippen LogP contribution in [0.5, 0.6) is 0 Å². The molecular formula is C23H31BrCl2N2O. The Kier molecular flexibility index (Phi) is 9.93. The number of rotatable bonds is 4. The van der Waals surface area contributed by atoms with Gasteiger partial charge in [-0.3, -0.25) is 9.80 Å². The predicted octanol–water partition coefficient (Wildman–Crippen LogP) is 5.11. The van der Waals surface area contributed by atoms with Crippen LogP contribution in [0.25, 0.3) is 0 Å². The quantitative estimate of drug-likeness (QED) is 0.630. The van der Waals surface area contributed by atoms with Gasteiger partial charge >= 0.3 is 0 Å². The molecule has 2 heterocycles. The molecule has 2 aromatic rings. The number of likely N-dealkylation sites (tertiary alicyclic amines) is 2. The van der Waals surface area contributed by atoms with E-state index in [-0.39, 0.29) is 37.0 Å². The van der Waals surface area contributed by atoms with Gasteiger partial charge in [-0.15, -0.1) is 24.8 Å². The van der Waals surface area contributed by atoms with Crippen LogP contribution in [0, 0.1) is 0 Å². The summed E-state index contributed by atoms with van der Waals surface area (Å²) in [6, 6.07) is 19.6. The molecule has 6 heteroatoms. The summed E-state index contributed by atoms with van der Waals surface area (Å²) in [5, 5.41) is 10.7. The van der Waals surface area contributed by atoms with Gasteiger partial charge in [0.25, 0.3) is 0 Å². The van der Waals surface area contributed by atoms with E-state index >= 15 is 0 Å². The molecule has 3 nitrogen and oxygen atoms in total. The lowest BCUT2D eigenvalue weighted by atomic mass is 9.88. The number of nitrogens with zero attached hydrogens (tertiary/aromatic N) is 2. The predicted molar refractivity (Wildman–Crippen MR) is 128 cm³/mol. The maximum Gasteiger partial charge on any atom is 0.0720 e. The molecule has 2 saturated heterocycles. The Morgan fingerprint density at radius 2 is 1.52 bits per heavy atom. The van der Waals surface area contributed by atoms with Crippen LogP contribution in [-0.4, -0.2) is 53.2 Å². The third-order valence-corrected chi connectivity index (χ3v) is 7.03. The van der Waals surface area contributed by atoms with Gasteiger partial charge in [-0.2, -0.15) is 0 Å². The van der Waals surface area contributed by atoms with E-state index in [2.05, 4.69) is 80.3 Å². The first-order valence-corrected chi connectivity index (χ1v) is 10.9. The smallest absolute Gasteiger partial charge is 0.0720 e. The van der Waals surface area contributed by atoms with Crippen LogP contribution in [0.1, 0.15) is 36.3 Å². The van der Waals surface area contributed by atoms with Crippen LogP contribution < -0.4 is 0 Å². The highest BCUT2D eigenvalue weighted by Gasteiger charge is 2.34. The number of aliphatic hydroxyl groups is 1. The Labute approximate surface area is 195 Å². The largest absolute Gasteiger partial charge is 0.391 e. The van der Waals surface area contributed by atoms with Crippen molar-refractivity contribution in [3.05, 3.63) is 70.2 Å². The van der Waals surface area contributed by atoms with Gasteiger partial charge in [0.1, 0.15) is 0 Å². The Balaban J connectivity index is 0.00000150. The van der Waals surface area contributed by atoms with Crippen molar-refractivity contribution in [2.75, 3.05) is 26.2 Å². The van der Waals surface area contributed by atoms with Crippen molar-refractivity contribution in [3.63, 3.8) is 0 Å². The molecule has 2 fully saturated rings. The van der Waals surface area contributed by atoms with Gasteiger partial charge in [0.05, 0.1) is 6.10 Å². The lowest BCUT2D eigenvalue weighted by Crippen LogP contribution is -2.56. The SMILES string of the molecule is Cl.Cl.O[C@@H]1CCN(Cc2ccccc2Br)C[C@H]1N1CCC(c2ccccc2)CC1. The average molecular weight is 502 g/mol. The topological polar surface area (TPSA) is 26.7 Å². The molecule has 0 aliphatic carbocycles. The zero-order valence-corrected chi connectivity index (χ0v) is 19.8. The summed E-state index contributed by atoms with van der Waals surface area (Å²) in [5.41, 5.74) is 2.80. The second kappa shape index (κ2) is 11.7. The molecule has 0 spiro atoms. The Hall–Kier alpha value is -0.620. The van der Waals surface area contributed by atoms with Crippen molar-refractivity contribution in [2.24, 2.45) is 0 Å². The zero-order valence-electron chi connectivity index (χ0n) is 16.6. The van der Waals surface area contributed by atoms with E-state index in [1.54, 1.807) is 0 Å². The van der Waals surface area contributed by atoms with E-state index in [4.69, 9.17) is 0 Å². The minimum Gasteiger partial charge on any atom is -0.391 e. The number of piperidine rings is 2. The fourth-order valence-corrected chi connectivity index (χ4v) is 5.05. The first-order valence-electron chi connectivity index (χ1n) is 10.1. The van der Waals surface area contributed by atoms with E-state index in [0.717, 1.165) is 39.1 Å². The summed E-state index contributed by atoms with van der Waals surface area (Å²) >= 11 is 3.67. The van der Waals surface area contributed by atoms with Crippen molar-refractivity contribution in [2.45, 2.75) is 43.9 Å². The molecule has 0 saturated carbocycles. The van der Waals surface area contributed by atoms with Gasteiger partial charge < -0.3 is 5.11 Å². The third kappa shape index (κ3) is 6.19. The molecule has 0 bridgehead atoms. The van der Waals surface area contributed by atoms with Crippen molar-refractivity contribution in [3.8, 4) is 0 Å². The molecule has 0 unspecified atom stereocenters. The molecule has 2 atom stereocenters. The van der Waals surface area contributed by atoms with Crippen LogP contribution in [0.2, 0.25) is 0 Å². The van der Waals surface area contributed by atoms with Gasteiger partial charge in [0.2, 0.25) is 0 Å². The first-order chi connectivity index (χ1) is 13.2. The van der Waals surface area contributed by atoms with Gasteiger partial charge in [-0.25, -0.2) is 0 Å². The molecule has 0 radical (unpaired) electrons. The van der Waals surface area contributed by atoms with Crippen LogP contribution in [0.15, 0.2) is 59.1 Å². The number of benzene rings is 2. The van der Waals surface area contributed by atoms with Gasteiger partial charge in [-0.05, 0) is 55.5 Å². The fourth-order valence-electron chi connectivity index (χ4n) is 4.64. The maximum absolute atomic E-state index is 10.7. The molecule has 0 amide bonds. The van der Waals surface area contributed by atoms with Crippen molar-refractivity contribution in [1.29, 1.82) is 0 Å². The van der Waals surface area contributed by atoms with E-state index < -0.39 is 0 Å². The maximum atomic E-state index is 10.7. The average Bonchev–Trinajstić information content (AvgIpc) is 2.72. The number of hydrogen-bond donors (Lipinski definition) is 1. The third-order valence-electron chi connectivity index (χ3n) is 6.25. The van der Waals surface area contributed by atoms with Crippen LogP contribution in [-0.2, 0) is 6.54 Å². The normalized spacial score (nSPS) is 23.8. The molecular weight excluding hydrogens is 471 g/mol. The Morgan fingerprint density at radius 1 is 0.862 bits per heavy atom. The van der Waals surface area contributed by atoms with Gasteiger partial charge in [-0.1, -0.05) is 64.5 Å². The summed E-state index contributed by atoms with van der Waals surface area (Å²) in [6.07, 6.45) is 3.05. The summed E-state index contributed by atoms with van der Waals surface area (Å²) in [6.45, 7) is 5.05. The second-order valence-corrected chi connectivity index (χ2v) is 8.83. The Bertz CT molecular complexity index is 741. The van der Waals surface area contributed by atoms with Crippen molar-refractivity contribution >= 4 is 40.7 Å². The summed E-state index contributed by atoms with van der Waals surface area (Å²) in [5.74, 6) is 0.666. The second-order valence-electron chi connectivity index (χ2n) is 7.97. The zero-order chi connectivity index (χ0) is 18.6. The lowest BCUT2D eigenvalue weighted by molar-refractivity contribution is -0.0222. The molecule has 0 aromatic heterocycles. The fraction of sp³-hybridized carbons (Fsp3) is 0.478. The van der Waals surface area contributed by atoms with Crippen molar-refractivity contribution in [1.82, 2.24) is 9.80 Å². The van der Waals surface area contributed by atoms with E-state index in [1.165, 1.54) is 28.4 Å². The first kappa shape index (κ1) is 24.6. The highest BCUT2D eigenvalue weighted by Crippen LogP contribution is 2.30. The highest BCUT2D eigenvalue weighted by atomic mass is 79.9. The molecule has 2 aliphatic heterocycles. The summed E-state index contributed by atoms with van der Waals surface area (Å²) in [7, 11) is 0. The van der Waals surface area contributed by atoms with Crippen LogP contribution >= 0.6 is 40.7 Å². The van der Waals surface area contributed by atoms with E-state index in [9.17, 15) is 5.11 Å². The number of hydrogen-bond acceptors (Lipinski definition) is 3. The van der Waals surface area contributed by atoms with Crippen LogP contribution in [0.3, 0.4) is 0 Å². The van der Waals surface area contributed by atoms with Gasteiger partial charge in [0.15, 0.2) is 0 Å². The van der Waals surface area contributed by atoms with Crippen molar-refractivity contribution < 1.29 is 5.11 Å². The number of halogens is 3. The lowest BCUT2D eigenvalue weighted by Gasteiger charge is -2.45. The van der Waals surface area contributed by atoms with E-state index in [0.29, 0.717) is 5.92 Å². The van der Waals surface area contributed by atoms with E-state index in [1.807, 2.05) is 0 Å². The molecule has 160 valence electrons. The molecule has 1 N–H and O–H groups in total.